The fourth-order valence-electron chi connectivity index (χ4n) is 4.13. The van der Waals surface area contributed by atoms with Crippen molar-refractivity contribution >= 4 is 33.4 Å². The van der Waals surface area contributed by atoms with E-state index >= 15 is 0 Å². The Kier molecular flexibility index (Phi) is 5.90. The summed E-state index contributed by atoms with van der Waals surface area (Å²) in [5, 5.41) is 8.55. The van der Waals surface area contributed by atoms with Crippen LogP contribution in [-0.4, -0.2) is 34.3 Å². The number of para-hydroxylation sites is 1. The second kappa shape index (κ2) is 8.60. The first-order valence-electron chi connectivity index (χ1n) is 10.4. The molecule has 2 aromatic heterocycles. The Morgan fingerprint density at radius 1 is 1.23 bits per heavy atom. The van der Waals surface area contributed by atoms with Crippen molar-refractivity contribution in [3.05, 3.63) is 47.0 Å². The highest BCUT2D eigenvalue weighted by atomic mass is 32.1. The van der Waals surface area contributed by atoms with Crippen LogP contribution in [0.5, 0.6) is 0 Å². The fourth-order valence-corrected chi connectivity index (χ4v) is 5.21. The predicted octanol–water partition coefficient (Wildman–Crippen LogP) is 4.49. The molecule has 1 fully saturated rings. The molecule has 6 nitrogen and oxygen atoms in total. The van der Waals surface area contributed by atoms with Crippen molar-refractivity contribution < 1.29 is 14.3 Å². The van der Waals surface area contributed by atoms with Gasteiger partial charge in [-0.15, -0.1) is 11.3 Å². The molecule has 30 heavy (non-hydrogen) atoms. The molecule has 1 aliphatic rings. The van der Waals surface area contributed by atoms with Crippen molar-refractivity contribution in [2.45, 2.75) is 46.1 Å². The molecule has 4 rings (SSSR count). The number of hydrogen-bond acceptors (Lipinski definition) is 5. The summed E-state index contributed by atoms with van der Waals surface area (Å²) in [6.45, 7) is 6.07. The van der Waals surface area contributed by atoms with Crippen molar-refractivity contribution in [3.8, 4) is 5.69 Å². The number of rotatable bonds is 5. The van der Waals surface area contributed by atoms with Crippen molar-refractivity contribution in [2.24, 2.45) is 11.8 Å². The van der Waals surface area contributed by atoms with Crippen LogP contribution in [0.2, 0.25) is 0 Å². The summed E-state index contributed by atoms with van der Waals surface area (Å²) in [5.41, 5.74) is 1.79. The van der Waals surface area contributed by atoms with Gasteiger partial charge < -0.3 is 10.1 Å². The van der Waals surface area contributed by atoms with Gasteiger partial charge in [-0.05, 0) is 43.4 Å². The second-order valence-corrected chi connectivity index (χ2v) is 9.21. The van der Waals surface area contributed by atoms with E-state index in [1.807, 2.05) is 41.9 Å². The van der Waals surface area contributed by atoms with Gasteiger partial charge in [-0.3, -0.25) is 4.79 Å². The van der Waals surface area contributed by atoms with E-state index in [0.717, 1.165) is 34.4 Å². The lowest BCUT2D eigenvalue weighted by Crippen LogP contribution is -2.45. The number of carbonyl (C=O) groups excluding carboxylic acids is 2. The molecule has 1 N–H and O–H groups in total. The highest BCUT2D eigenvalue weighted by Crippen LogP contribution is 2.31. The van der Waals surface area contributed by atoms with Gasteiger partial charge in [-0.2, -0.15) is 5.10 Å². The number of hydrogen-bond donors (Lipinski definition) is 1. The van der Waals surface area contributed by atoms with Crippen molar-refractivity contribution in [1.29, 1.82) is 0 Å². The van der Waals surface area contributed by atoms with Crippen molar-refractivity contribution in [2.75, 3.05) is 6.61 Å². The SMILES string of the molecule is Cc1nn(-c2ccccc2)c2sc(C(=O)OCC(=O)N[C@H]3CCC[C@@H](C)[C@H]3C)cc12. The zero-order chi connectivity index (χ0) is 21.3. The number of thiophene rings is 1. The average Bonchev–Trinajstić information content (AvgIpc) is 3.31. The molecule has 3 atom stereocenters. The van der Waals surface area contributed by atoms with Gasteiger partial charge in [0.25, 0.3) is 5.91 Å². The molecule has 1 aliphatic carbocycles. The molecule has 158 valence electrons. The van der Waals surface area contributed by atoms with E-state index in [1.54, 1.807) is 6.07 Å². The minimum absolute atomic E-state index is 0.156. The monoisotopic (exact) mass is 425 g/mol. The Morgan fingerprint density at radius 3 is 2.77 bits per heavy atom. The Balaban J connectivity index is 1.42. The lowest BCUT2D eigenvalue weighted by atomic mass is 9.78. The number of ether oxygens (including phenoxy) is 1. The molecule has 3 aromatic rings. The van der Waals surface area contributed by atoms with Crippen LogP contribution in [0.15, 0.2) is 36.4 Å². The number of nitrogens with zero attached hydrogens (tertiary/aromatic N) is 2. The molecule has 2 heterocycles. The third kappa shape index (κ3) is 4.12. The zero-order valence-electron chi connectivity index (χ0n) is 17.6. The summed E-state index contributed by atoms with van der Waals surface area (Å²) < 4.78 is 7.15. The normalized spacial score (nSPS) is 21.5. The van der Waals surface area contributed by atoms with E-state index in [1.165, 1.54) is 17.8 Å². The molecular weight excluding hydrogens is 398 g/mol. The quantitative estimate of drug-likeness (QED) is 0.611. The average molecular weight is 426 g/mol. The van der Waals surface area contributed by atoms with Crippen LogP contribution in [0.4, 0.5) is 0 Å². The molecule has 7 heteroatoms. The number of esters is 1. The predicted molar refractivity (Wildman–Crippen MR) is 118 cm³/mol. The Hall–Kier alpha value is -2.67. The number of nitrogens with one attached hydrogen (secondary N) is 1. The number of amides is 1. The number of fused-ring (bicyclic) bond motifs is 1. The summed E-state index contributed by atoms with van der Waals surface area (Å²) in [5.74, 6) is 0.319. The van der Waals surface area contributed by atoms with Crippen LogP contribution in [0, 0.1) is 18.8 Å². The van der Waals surface area contributed by atoms with E-state index < -0.39 is 5.97 Å². The van der Waals surface area contributed by atoms with Gasteiger partial charge in [0, 0.05) is 11.4 Å². The highest BCUT2D eigenvalue weighted by Gasteiger charge is 2.28. The first-order valence-corrected chi connectivity index (χ1v) is 11.3. The van der Waals surface area contributed by atoms with E-state index in [9.17, 15) is 9.59 Å². The van der Waals surface area contributed by atoms with Gasteiger partial charge in [0.1, 0.15) is 9.71 Å². The van der Waals surface area contributed by atoms with Gasteiger partial charge >= 0.3 is 5.97 Å². The maximum atomic E-state index is 12.6. The summed E-state index contributed by atoms with van der Waals surface area (Å²) in [6.07, 6.45) is 3.31. The summed E-state index contributed by atoms with van der Waals surface area (Å²) in [7, 11) is 0. The molecule has 0 unspecified atom stereocenters. The molecular formula is C23H27N3O3S. The molecule has 0 spiro atoms. The number of aryl methyl sites for hydroxylation is 1. The highest BCUT2D eigenvalue weighted by molar-refractivity contribution is 7.20. The van der Waals surface area contributed by atoms with Crippen LogP contribution in [0.25, 0.3) is 15.9 Å². The first kappa shape index (κ1) is 20.6. The Labute approximate surface area is 180 Å². The Morgan fingerprint density at radius 2 is 2.00 bits per heavy atom. The van der Waals surface area contributed by atoms with Crippen molar-refractivity contribution in [1.82, 2.24) is 15.1 Å². The topological polar surface area (TPSA) is 73.2 Å². The second-order valence-electron chi connectivity index (χ2n) is 8.18. The molecule has 1 amide bonds. The molecule has 0 radical (unpaired) electrons. The standard InChI is InChI=1S/C23H27N3O3S/c1-14-8-7-11-19(15(14)2)24-21(27)13-29-23(28)20-12-18-16(3)25-26(22(18)30-20)17-9-5-4-6-10-17/h4-6,9-10,12,14-15,19H,7-8,11,13H2,1-3H3,(H,24,27)/t14-,15-,19+/m1/s1. The van der Waals surface area contributed by atoms with Crippen LogP contribution in [-0.2, 0) is 9.53 Å². The summed E-state index contributed by atoms with van der Waals surface area (Å²) >= 11 is 1.33. The van der Waals surface area contributed by atoms with E-state index in [4.69, 9.17) is 4.74 Å². The minimum Gasteiger partial charge on any atom is -0.451 e. The van der Waals surface area contributed by atoms with Crippen molar-refractivity contribution in [3.63, 3.8) is 0 Å². The van der Waals surface area contributed by atoms with E-state index in [0.29, 0.717) is 16.7 Å². The maximum absolute atomic E-state index is 12.6. The Bertz CT molecular complexity index is 1060. The summed E-state index contributed by atoms with van der Waals surface area (Å²) in [6, 6.07) is 11.8. The smallest absolute Gasteiger partial charge is 0.348 e. The van der Waals surface area contributed by atoms with Gasteiger partial charge in [0.15, 0.2) is 6.61 Å². The molecule has 1 saturated carbocycles. The molecule has 0 saturated heterocycles. The minimum atomic E-state index is -0.476. The van der Waals surface area contributed by atoms with E-state index in [-0.39, 0.29) is 18.6 Å². The van der Waals surface area contributed by atoms with Gasteiger partial charge in [0.05, 0.1) is 11.4 Å². The van der Waals surface area contributed by atoms with E-state index in [2.05, 4.69) is 24.3 Å². The van der Waals surface area contributed by atoms with Crippen LogP contribution in [0.3, 0.4) is 0 Å². The first-order chi connectivity index (χ1) is 14.4. The molecule has 1 aromatic carbocycles. The maximum Gasteiger partial charge on any atom is 0.348 e. The molecule has 0 aliphatic heterocycles. The molecule has 0 bridgehead atoms. The summed E-state index contributed by atoms with van der Waals surface area (Å²) in [4.78, 5) is 26.2. The zero-order valence-corrected chi connectivity index (χ0v) is 18.4. The van der Waals surface area contributed by atoms with Gasteiger partial charge in [-0.1, -0.05) is 44.9 Å². The van der Waals surface area contributed by atoms with Crippen LogP contribution >= 0.6 is 11.3 Å². The lowest BCUT2D eigenvalue weighted by Gasteiger charge is -2.34. The van der Waals surface area contributed by atoms with Gasteiger partial charge in [-0.25, -0.2) is 9.48 Å². The van der Waals surface area contributed by atoms with Gasteiger partial charge in [0.2, 0.25) is 0 Å². The third-order valence-corrected chi connectivity index (χ3v) is 7.22. The number of aromatic nitrogens is 2. The van der Waals surface area contributed by atoms with Crippen LogP contribution in [0.1, 0.15) is 48.5 Å². The largest absolute Gasteiger partial charge is 0.451 e. The lowest BCUT2D eigenvalue weighted by molar-refractivity contribution is -0.125. The fraction of sp³-hybridized carbons (Fsp3) is 0.435. The third-order valence-electron chi connectivity index (χ3n) is 6.13. The number of benzene rings is 1. The number of carbonyl (C=O) groups is 2. The van der Waals surface area contributed by atoms with Crippen LogP contribution < -0.4 is 5.32 Å².